The van der Waals surface area contributed by atoms with Gasteiger partial charge in [-0.15, -0.1) is 45.8 Å². The average Bonchev–Trinajstić information content (AvgIpc) is 0.944. The third-order valence-electron chi connectivity index (χ3n) is 31.0. The van der Waals surface area contributed by atoms with Crippen molar-refractivity contribution in [3.63, 3.8) is 0 Å². The topological polar surface area (TPSA) is 13.0 Å². The highest BCUT2D eigenvalue weighted by atomic mass is 32.2. The van der Waals surface area contributed by atoms with Crippen molar-refractivity contribution < 1.29 is 0 Å². The third kappa shape index (κ3) is 14.1. The molecule has 3 atom stereocenters. The van der Waals surface area contributed by atoms with Crippen LogP contribution in [0.25, 0.3) is 147 Å². The predicted molar refractivity (Wildman–Crippen MR) is 622 cm³/mol. The first-order valence-corrected chi connectivity index (χ1v) is 53.8. The van der Waals surface area contributed by atoms with Crippen LogP contribution in [0.2, 0.25) is 0 Å². The minimum absolute atomic E-state index is 0.0300. The standard InChI is InChI=1S/C134H108N4S4/c1-76(2)111-72-115(135(91-38-25-30-79(7)66-91)127-81(9)50-54-103-95-42-17-21-46-119(95)139-131(103)127)109-65-61-102-114(75-118(110-64-60-101(111)125(109)126(102)110)136(92-39-26-31-80(8)67-92)128-82(10)51-55-104-96-43-18-22-47-120(96)140-132(104)128)85(13)68-86-32-27-35-88(69-86)90-37-29-41-94(71-90)138(130-84(12)53-57-106-98-45-20-24-49-122(98)142-134(106)130)117-74-113(78(5)6)100-58-62-107-116(73-112(77(3)4)99-59-63-108(117)124(100)123(99)107)137(93-40-28-36-89(70-93)87-33-15-14-16-34-87)129-83(11)52-56-105-97-44-19-23-48-121(97)141-133(105)129/h14-67,69-78,85,98,122H,68H2,1-13H3. The van der Waals surface area contributed by atoms with E-state index in [-0.39, 0.29) is 34.8 Å². The number of allylic oxidation sites excluding steroid dienone is 3. The highest BCUT2D eigenvalue weighted by Crippen LogP contribution is 2.62. The molecule has 24 aromatic rings. The molecular weight excluding hydrogens is 1790 g/mol. The van der Waals surface area contributed by atoms with E-state index in [1.165, 1.54) is 265 Å². The molecule has 0 saturated heterocycles. The number of hydrogen-bond donors (Lipinski definition) is 0. The second kappa shape index (κ2) is 34.4. The molecule has 1 aliphatic heterocycles. The number of nitrogens with zero attached hydrogens (tertiary/aromatic N) is 4. The van der Waals surface area contributed by atoms with E-state index in [0.717, 1.165) is 29.2 Å². The number of thioether (sulfide) groups is 1. The molecule has 21 aromatic carbocycles. The zero-order valence-corrected chi connectivity index (χ0v) is 85.6. The van der Waals surface area contributed by atoms with Crippen molar-refractivity contribution in [1.82, 2.24) is 0 Å². The van der Waals surface area contributed by atoms with Gasteiger partial charge >= 0.3 is 0 Å². The Labute approximate surface area is 847 Å². The number of anilines is 12. The van der Waals surface area contributed by atoms with E-state index in [0.29, 0.717) is 0 Å². The summed E-state index contributed by atoms with van der Waals surface area (Å²) in [6, 6.07) is 134. The van der Waals surface area contributed by atoms with E-state index >= 15 is 0 Å². The summed E-state index contributed by atoms with van der Waals surface area (Å²) >= 11 is 7.78. The monoisotopic (exact) mass is 1900 g/mol. The zero-order valence-electron chi connectivity index (χ0n) is 82.3. The van der Waals surface area contributed by atoms with Crippen molar-refractivity contribution in [2.45, 2.75) is 136 Å². The molecule has 4 nitrogen and oxygen atoms in total. The molecule has 3 aromatic heterocycles. The molecule has 0 radical (unpaired) electrons. The number of fused-ring (bicyclic) bond motifs is 12. The molecule has 2 aliphatic rings. The minimum atomic E-state index is 0.0300. The van der Waals surface area contributed by atoms with E-state index < -0.39 is 0 Å². The zero-order chi connectivity index (χ0) is 96.0. The van der Waals surface area contributed by atoms with Crippen molar-refractivity contribution in [3.05, 3.63) is 437 Å². The van der Waals surface area contributed by atoms with Gasteiger partial charge in [-0.1, -0.05) is 328 Å². The largest absolute Gasteiger partial charge is 0.308 e. The van der Waals surface area contributed by atoms with Gasteiger partial charge < -0.3 is 19.6 Å². The summed E-state index contributed by atoms with van der Waals surface area (Å²) in [5.41, 5.74) is 34.3. The maximum Gasteiger partial charge on any atom is 0.0669 e. The van der Waals surface area contributed by atoms with Gasteiger partial charge in [0.2, 0.25) is 0 Å². The molecule has 0 N–H and O–H groups in total. The summed E-state index contributed by atoms with van der Waals surface area (Å²) in [7, 11) is 0. The van der Waals surface area contributed by atoms with Crippen molar-refractivity contribution in [1.29, 1.82) is 0 Å². The summed E-state index contributed by atoms with van der Waals surface area (Å²) in [5, 5.41) is 23.3. The van der Waals surface area contributed by atoms with Crippen molar-refractivity contribution in [2.75, 3.05) is 19.6 Å². The van der Waals surface area contributed by atoms with Crippen molar-refractivity contribution in [3.8, 4) is 22.3 Å². The lowest BCUT2D eigenvalue weighted by Gasteiger charge is -2.33. The molecule has 0 spiro atoms. The molecule has 1 aliphatic carbocycles. The molecule has 8 heteroatoms. The molecular formula is C134H108N4S4. The third-order valence-corrected chi connectivity index (χ3v) is 35.9. The number of rotatable bonds is 20. The fourth-order valence-electron chi connectivity index (χ4n) is 24.2. The van der Waals surface area contributed by atoms with Crippen LogP contribution >= 0.6 is 45.8 Å². The van der Waals surface area contributed by atoms with Crippen LogP contribution in [0.4, 0.5) is 68.2 Å². The maximum atomic E-state index is 2.71. The number of aryl methyl sites for hydroxylation is 6. The van der Waals surface area contributed by atoms with Gasteiger partial charge in [-0.25, -0.2) is 0 Å². The van der Waals surface area contributed by atoms with Gasteiger partial charge in [0.05, 0.1) is 59.6 Å². The summed E-state index contributed by atoms with van der Waals surface area (Å²) in [6.07, 6.45) is 10.2. The van der Waals surface area contributed by atoms with Gasteiger partial charge in [0, 0.05) is 107 Å². The SMILES string of the molecule is Cc1cccc(N(c2cc(C(C)C)c3ccc4c(N(c5cccc(C)c5)c5c(C)ccc6c5sc5ccccc56)cc(C(C)Cc5cccc(-c6cccc(N(c7c(C)ccc8c7SC7C=CC=CC87)c7cc(C(C)C)c8ccc9c(N(c%10cccc(-c%11ccccc%11)c%10)c%10c(C)ccc%11c%10sc%10ccccc%10%11)cc(C(C)C)c%10ccc7c8c%109)c6)c5)c5ccc2c3c54)c2c(C)ccc3c2sc2ccccc23)c1. The lowest BCUT2D eigenvalue weighted by molar-refractivity contribution is 0.766. The van der Waals surface area contributed by atoms with Gasteiger partial charge in [-0.05, 0) is 295 Å². The van der Waals surface area contributed by atoms with Crippen LogP contribution in [0.3, 0.4) is 0 Å². The van der Waals surface area contributed by atoms with Crippen LogP contribution in [0.1, 0.15) is 145 Å². The highest BCUT2D eigenvalue weighted by molar-refractivity contribution is 8.00. The number of benzene rings is 21. The highest BCUT2D eigenvalue weighted by Gasteiger charge is 2.39. The first-order valence-electron chi connectivity index (χ1n) is 50.4. The van der Waals surface area contributed by atoms with Crippen LogP contribution < -0.4 is 19.6 Å². The van der Waals surface area contributed by atoms with Gasteiger partial charge in [-0.3, -0.25) is 0 Å². The first-order chi connectivity index (χ1) is 69.3. The second-order valence-electron chi connectivity index (χ2n) is 41.0. The fourth-order valence-corrected chi connectivity index (χ4v) is 29.6. The Bertz CT molecular complexity index is 9380. The minimum Gasteiger partial charge on any atom is -0.308 e. The van der Waals surface area contributed by atoms with Crippen LogP contribution in [-0.4, -0.2) is 5.25 Å². The lowest BCUT2D eigenvalue weighted by atomic mass is 9.82. The average molecular weight is 1900 g/mol. The Kier molecular flexibility index (Phi) is 21.2. The quantitative estimate of drug-likeness (QED) is 0.0703. The molecule has 0 saturated carbocycles. The normalized spacial score (nSPS) is 14.1. The Balaban J connectivity index is 0.668. The molecule has 688 valence electrons. The van der Waals surface area contributed by atoms with Crippen LogP contribution in [0.15, 0.2) is 375 Å². The van der Waals surface area contributed by atoms with Crippen LogP contribution in [0, 0.1) is 41.5 Å². The molecule has 0 amide bonds. The summed E-state index contributed by atoms with van der Waals surface area (Å²) < 4.78 is 7.74. The summed E-state index contributed by atoms with van der Waals surface area (Å²) in [5.74, 6) is 0.835. The Hall–Kier alpha value is -14.6. The Morgan fingerprint density at radius 1 is 0.261 bits per heavy atom. The van der Waals surface area contributed by atoms with E-state index in [4.69, 9.17) is 0 Å². The fraction of sp³-hybridized carbons (Fsp3) is 0.149. The van der Waals surface area contributed by atoms with E-state index in [1.807, 2.05) is 45.8 Å². The number of thiophene rings is 3. The molecule has 142 heavy (non-hydrogen) atoms. The predicted octanol–water partition coefficient (Wildman–Crippen LogP) is 41.0. The molecule has 4 heterocycles. The van der Waals surface area contributed by atoms with E-state index in [9.17, 15) is 0 Å². The first kappa shape index (κ1) is 87.6. The van der Waals surface area contributed by atoms with Crippen molar-refractivity contribution in [2.24, 2.45) is 0 Å². The maximum absolute atomic E-state index is 2.71. The lowest BCUT2D eigenvalue weighted by Crippen LogP contribution is -2.15. The van der Waals surface area contributed by atoms with Gasteiger partial charge in [-0.2, -0.15) is 0 Å². The van der Waals surface area contributed by atoms with Crippen LogP contribution in [0.5, 0.6) is 0 Å². The second-order valence-corrected chi connectivity index (χ2v) is 45.3. The number of hydrogen-bond acceptors (Lipinski definition) is 8. The van der Waals surface area contributed by atoms with Gasteiger partial charge in [0.25, 0.3) is 0 Å². The molecule has 0 fully saturated rings. The van der Waals surface area contributed by atoms with Gasteiger partial charge in [0.15, 0.2) is 0 Å². The van der Waals surface area contributed by atoms with E-state index in [2.05, 4.69) is 480 Å². The molecule has 3 unspecified atom stereocenters. The van der Waals surface area contributed by atoms with E-state index in [1.54, 1.807) is 0 Å². The smallest absolute Gasteiger partial charge is 0.0669 e. The van der Waals surface area contributed by atoms with Crippen molar-refractivity contribution >= 4 is 239 Å². The molecule has 26 rings (SSSR count). The summed E-state index contributed by atoms with van der Waals surface area (Å²) in [6.45, 7) is 30.8. The summed E-state index contributed by atoms with van der Waals surface area (Å²) in [4.78, 5) is 12.0. The van der Waals surface area contributed by atoms with Gasteiger partial charge in [0.1, 0.15) is 0 Å². The Morgan fingerprint density at radius 3 is 1.02 bits per heavy atom. The van der Waals surface area contributed by atoms with Crippen LogP contribution in [-0.2, 0) is 6.42 Å². The Morgan fingerprint density at radius 2 is 0.592 bits per heavy atom. The molecule has 0 bridgehead atoms.